The molecule has 9 heteroatoms. The third kappa shape index (κ3) is 3.11. The lowest BCUT2D eigenvalue weighted by Gasteiger charge is -2.12. The average Bonchev–Trinajstić information content (AvgIpc) is 2.99. The largest absolute Gasteiger partial charge is 0.382 e. The second-order valence-electron chi connectivity index (χ2n) is 4.27. The van der Waals surface area contributed by atoms with Gasteiger partial charge >= 0.3 is 0 Å². The summed E-state index contributed by atoms with van der Waals surface area (Å²) in [5.74, 6) is 0.0438. The van der Waals surface area contributed by atoms with Gasteiger partial charge in [-0.3, -0.25) is 0 Å². The molecular formula is C11H16N4O2S3. The summed E-state index contributed by atoms with van der Waals surface area (Å²) < 4.78 is 29.5. The minimum absolute atomic E-state index is 0.0438. The lowest BCUT2D eigenvalue weighted by molar-refractivity contribution is 0.521. The zero-order chi connectivity index (χ0) is 14.8. The Morgan fingerprint density at radius 3 is 2.80 bits per heavy atom. The molecule has 2 aromatic heterocycles. The van der Waals surface area contributed by atoms with E-state index in [1.165, 1.54) is 19.0 Å². The Morgan fingerprint density at radius 1 is 1.45 bits per heavy atom. The second-order valence-corrected chi connectivity index (χ2v) is 8.16. The van der Waals surface area contributed by atoms with Crippen molar-refractivity contribution in [2.75, 3.05) is 31.7 Å². The van der Waals surface area contributed by atoms with Crippen LogP contribution in [0.2, 0.25) is 0 Å². The number of hydrogen-bond acceptors (Lipinski definition) is 7. The lowest BCUT2D eigenvalue weighted by Crippen LogP contribution is -2.23. The highest BCUT2D eigenvalue weighted by atomic mass is 32.2. The molecule has 2 rings (SSSR count). The average molecular weight is 332 g/mol. The van der Waals surface area contributed by atoms with Gasteiger partial charge in [0.2, 0.25) is 10.0 Å². The van der Waals surface area contributed by atoms with Gasteiger partial charge in [0.1, 0.15) is 5.00 Å². The number of nitrogens with zero attached hydrogens (tertiary/aromatic N) is 2. The fourth-order valence-electron chi connectivity index (χ4n) is 1.59. The van der Waals surface area contributed by atoms with E-state index < -0.39 is 10.0 Å². The molecule has 0 unspecified atom stereocenters. The van der Waals surface area contributed by atoms with Crippen molar-refractivity contribution >= 4 is 43.7 Å². The molecule has 20 heavy (non-hydrogen) atoms. The Labute approximate surface area is 126 Å². The molecule has 0 spiro atoms. The van der Waals surface area contributed by atoms with E-state index in [4.69, 9.17) is 5.73 Å². The molecule has 0 saturated carbocycles. The van der Waals surface area contributed by atoms with Crippen LogP contribution in [0.25, 0.3) is 0 Å². The van der Waals surface area contributed by atoms with Crippen molar-refractivity contribution < 1.29 is 8.42 Å². The Bertz CT molecular complexity index is 662. The first-order valence-corrected chi connectivity index (χ1v) is 8.96. The van der Waals surface area contributed by atoms with Crippen LogP contribution < -0.4 is 11.1 Å². The third-order valence-electron chi connectivity index (χ3n) is 2.65. The van der Waals surface area contributed by atoms with Crippen molar-refractivity contribution in [1.82, 2.24) is 8.68 Å². The van der Waals surface area contributed by atoms with E-state index >= 15 is 0 Å². The molecule has 0 aliphatic carbocycles. The molecule has 0 bridgehead atoms. The highest BCUT2D eigenvalue weighted by molar-refractivity contribution is 7.89. The molecule has 0 aliphatic heterocycles. The monoisotopic (exact) mass is 332 g/mol. The Kier molecular flexibility index (Phi) is 4.63. The van der Waals surface area contributed by atoms with Crippen molar-refractivity contribution in [3.63, 3.8) is 0 Å². The highest BCUT2D eigenvalue weighted by Crippen LogP contribution is 2.32. The van der Waals surface area contributed by atoms with Crippen LogP contribution in [-0.2, 0) is 16.4 Å². The third-order valence-corrected chi connectivity index (χ3v) is 6.42. The number of sulfonamides is 1. The molecule has 0 radical (unpaired) electrons. The smallest absolute Gasteiger partial charge is 0.249 e. The quantitative estimate of drug-likeness (QED) is 0.840. The summed E-state index contributed by atoms with van der Waals surface area (Å²) in [4.78, 5) is 1.31. The molecule has 0 amide bonds. The summed E-state index contributed by atoms with van der Waals surface area (Å²) in [5.41, 5.74) is 5.69. The van der Waals surface area contributed by atoms with E-state index in [-0.39, 0.29) is 10.7 Å². The second kappa shape index (κ2) is 6.08. The summed E-state index contributed by atoms with van der Waals surface area (Å²) >= 11 is 2.74. The predicted octanol–water partition coefficient (Wildman–Crippen LogP) is 1.69. The van der Waals surface area contributed by atoms with Gasteiger partial charge in [0, 0.05) is 25.5 Å². The van der Waals surface area contributed by atoms with E-state index in [2.05, 4.69) is 9.69 Å². The van der Waals surface area contributed by atoms with Crippen LogP contribution in [0.5, 0.6) is 0 Å². The predicted molar refractivity (Wildman–Crippen MR) is 83.9 cm³/mol. The molecule has 3 N–H and O–H groups in total. The summed E-state index contributed by atoms with van der Waals surface area (Å²) in [7, 11) is -0.635. The number of aromatic nitrogens is 1. The van der Waals surface area contributed by atoms with E-state index in [0.717, 1.165) is 22.3 Å². The molecule has 0 atom stereocenters. The molecular weight excluding hydrogens is 316 g/mol. The van der Waals surface area contributed by atoms with E-state index in [1.54, 1.807) is 11.3 Å². The van der Waals surface area contributed by atoms with Crippen LogP contribution in [-0.4, -0.2) is 37.7 Å². The number of nitrogen functional groups attached to an aromatic ring is 1. The van der Waals surface area contributed by atoms with Crippen molar-refractivity contribution in [2.24, 2.45) is 0 Å². The highest BCUT2D eigenvalue weighted by Gasteiger charge is 2.27. The topological polar surface area (TPSA) is 88.3 Å². The van der Waals surface area contributed by atoms with Crippen LogP contribution >= 0.6 is 22.9 Å². The van der Waals surface area contributed by atoms with Gasteiger partial charge in [0.05, 0.1) is 0 Å². The van der Waals surface area contributed by atoms with Crippen molar-refractivity contribution in [3.05, 3.63) is 22.4 Å². The van der Waals surface area contributed by atoms with Gasteiger partial charge in [0.25, 0.3) is 0 Å². The van der Waals surface area contributed by atoms with Gasteiger partial charge < -0.3 is 11.1 Å². The minimum atomic E-state index is -3.58. The van der Waals surface area contributed by atoms with Crippen LogP contribution in [0.1, 0.15) is 4.88 Å². The number of hydrogen-bond donors (Lipinski definition) is 2. The molecule has 0 saturated heterocycles. The standard InChI is InChI=1S/C11H16N4O2S3/c1-15(2)20(16,17)9-10(12)14-19-11(9)13-6-5-8-4-3-7-18-8/h3-4,7,13H,5-6H2,1-2H3,(H2,12,14). The van der Waals surface area contributed by atoms with E-state index in [0.29, 0.717) is 11.5 Å². The SMILES string of the molecule is CN(C)S(=O)(=O)c1c(N)nsc1NCCc1cccs1. The van der Waals surface area contributed by atoms with E-state index in [1.807, 2.05) is 17.5 Å². The maximum Gasteiger partial charge on any atom is 0.249 e. The normalized spacial score (nSPS) is 11.9. The van der Waals surface area contributed by atoms with E-state index in [9.17, 15) is 8.42 Å². The number of nitrogens with one attached hydrogen (secondary N) is 1. The van der Waals surface area contributed by atoms with Crippen LogP contribution in [0.4, 0.5) is 10.8 Å². The molecule has 0 aromatic carbocycles. The first-order chi connectivity index (χ1) is 9.43. The lowest BCUT2D eigenvalue weighted by atomic mass is 10.3. The summed E-state index contributed by atoms with van der Waals surface area (Å²) in [6.07, 6.45) is 0.830. The Morgan fingerprint density at radius 2 is 2.20 bits per heavy atom. The maximum atomic E-state index is 12.2. The summed E-state index contributed by atoms with van der Waals surface area (Å²) in [6, 6.07) is 4.04. The fraction of sp³-hybridized carbons (Fsp3) is 0.364. The molecule has 0 fully saturated rings. The first-order valence-electron chi connectivity index (χ1n) is 5.87. The van der Waals surface area contributed by atoms with Crippen LogP contribution in [0, 0.1) is 0 Å². The van der Waals surface area contributed by atoms with Crippen molar-refractivity contribution in [2.45, 2.75) is 11.3 Å². The summed E-state index contributed by atoms with van der Waals surface area (Å²) in [5, 5.41) is 5.62. The van der Waals surface area contributed by atoms with Gasteiger partial charge in [0.15, 0.2) is 10.7 Å². The number of nitrogens with two attached hydrogens (primary N) is 1. The number of thiophene rings is 1. The zero-order valence-corrected chi connectivity index (χ0v) is 13.6. The van der Waals surface area contributed by atoms with Gasteiger partial charge in [-0.1, -0.05) is 6.07 Å². The van der Waals surface area contributed by atoms with Crippen molar-refractivity contribution in [1.29, 1.82) is 0 Å². The van der Waals surface area contributed by atoms with Gasteiger partial charge in [-0.05, 0) is 29.4 Å². The van der Waals surface area contributed by atoms with Gasteiger partial charge in [-0.25, -0.2) is 12.7 Å². The zero-order valence-electron chi connectivity index (χ0n) is 11.2. The molecule has 2 aromatic rings. The number of anilines is 2. The number of rotatable bonds is 6. The Hall–Kier alpha value is -1.16. The maximum absolute atomic E-state index is 12.2. The first kappa shape index (κ1) is 15.2. The fourth-order valence-corrected chi connectivity index (χ4v) is 4.40. The molecule has 0 aliphatic rings. The molecule has 110 valence electrons. The van der Waals surface area contributed by atoms with Crippen LogP contribution in [0.15, 0.2) is 22.4 Å². The van der Waals surface area contributed by atoms with Crippen LogP contribution in [0.3, 0.4) is 0 Å². The molecule has 2 heterocycles. The van der Waals surface area contributed by atoms with Gasteiger partial charge in [-0.15, -0.1) is 11.3 Å². The van der Waals surface area contributed by atoms with Crippen molar-refractivity contribution in [3.8, 4) is 0 Å². The Balaban J connectivity index is 2.13. The minimum Gasteiger partial charge on any atom is -0.382 e. The van der Waals surface area contributed by atoms with Gasteiger partial charge in [-0.2, -0.15) is 4.37 Å². The molecule has 6 nitrogen and oxygen atoms in total. The summed E-state index contributed by atoms with van der Waals surface area (Å²) in [6.45, 7) is 0.637.